The molecule has 0 unspecified atom stereocenters. The zero-order valence-corrected chi connectivity index (χ0v) is 15.3. The summed E-state index contributed by atoms with van der Waals surface area (Å²) in [6, 6.07) is 3.72. The molecule has 4 nitrogen and oxygen atoms in total. The lowest BCUT2D eigenvalue weighted by Crippen LogP contribution is -2.33. The summed E-state index contributed by atoms with van der Waals surface area (Å²) in [6.07, 6.45) is -10.9. The molecule has 13 heteroatoms. The number of rotatable bonds is 6. The molecule has 0 N–H and O–H groups in total. The quantitative estimate of drug-likeness (QED) is 0.365. The first-order chi connectivity index (χ1) is 13.7. The van der Waals surface area contributed by atoms with Gasteiger partial charge in [0.15, 0.2) is 11.5 Å². The van der Waals surface area contributed by atoms with Crippen molar-refractivity contribution in [3.8, 4) is 23.0 Å². The van der Waals surface area contributed by atoms with Crippen molar-refractivity contribution in [1.29, 1.82) is 0 Å². The van der Waals surface area contributed by atoms with Crippen LogP contribution < -0.4 is 14.2 Å². The fourth-order valence-corrected chi connectivity index (χ4v) is 2.33. The summed E-state index contributed by atoms with van der Waals surface area (Å²) in [5.41, 5.74) is -2.40. The SMILES string of the molecule is COc1cc(OC(F)(F)F)ccc1Oc1ccc(C(F)(F)C(F)(F)F)cc1C(=O)Cl. The maximum atomic E-state index is 13.5. The maximum Gasteiger partial charge on any atom is 0.573 e. The molecule has 0 saturated carbocycles. The van der Waals surface area contributed by atoms with Gasteiger partial charge in [-0.2, -0.15) is 22.0 Å². The molecule has 0 heterocycles. The zero-order valence-electron chi connectivity index (χ0n) is 14.5. The minimum Gasteiger partial charge on any atom is -0.493 e. The van der Waals surface area contributed by atoms with Crippen LogP contribution in [0.3, 0.4) is 0 Å². The summed E-state index contributed by atoms with van der Waals surface area (Å²) < 4.78 is 115. The Kier molecular flexibility index (Phi) is 6.40. The van der Waals surface area contributed by atoms with Gasteiger partial charge in [0.25, 0.3) is 5.24 Å². The third-order valence-corrected chi connectivity index (χ3v) is 3.70. The second kappa shape index (κ2) is 8.17. The highest BCUT2D eigenvalue weighted by atomic mass is 35.5. The molecule has 0 fully saturated rings. The summed E-state index contributed by atoms with van der Waals surface area (Å²) in [4.78, 5) is 11.5. The van der Waals surface area contributed by atoms with Gasteiger partial charge in [-0.3, -0.25) is 4.79 Å². The minimum absolute atomic E-state index is 0.200. The van der Waals surface area contributed by atoms with E-state index in [-0.39, 0.29) is 17.6 Å². The first-order valence-electron chi connectivity index (χ1n) is 7.56. The van der Waals surface area contributed by atoms with E-state index < -0.39 is 46.3 Å². The van der Waals surface area contributed by atoms with Crippen LogP contribution >= 0.6 is 11.6 Å². The lowest BCUT2D eigenvalue weighted by atomic mass is 10.0. The third-order valence-electron chi connectivity index (χ3n) is 3.50. The van der Waals surface area contributed by atoms with Crippen LogP contribution in [0.1, 0.15) is 15.9 Å². The molecule has 0 aliphatic heterocycles. The first-order valence-corrected chi connectivity index (χ1v) is 7.94. The van der Waals surface area contributed by atoms with Gasteiger partial charge in [0.05, 0.1) is 12.7 Å². The second-order valence-electron chi connectivity index (χ2n) is 5.52. The van der Waals surface area contributed by atoms with Crippen LogP contribution in [0.15, 0.2) is 36.4 Å². The van der Waals surface area contributed by atoms with Crippen LogP contribution in [0, 0.1) is 0 Å². The van der Waals surface area contributed by atoms with Gasteiger partial charge in [0.1, 0.15) is 11.5 Å². The van der Waals surface area contributed by atoms with Crippen molar-refractivity contribution in [2.45, 2.75) is 18.5 Å². The molecule has 0 bridgehead atoms. The van der Waals surface area contributed by atoms with Gasteiger partial charge < -0.3 is 14.2 Å². The molecule has 0 aliphatic rings. The normalized spacial score (nSPS) is 12.5. The molecule has 0 amide bonds. The van der Waals surface area contributed by atoms with E-state index in [1.165, 1.54) is 0 Å². The number of halogens is 9. The van der Waals surface area contributed by atoms with E-state index in [9.17, 15) is 39.9 Å². The summed E-state index contributed by atoms with van der Waals surface area (Å²) in [6.45, 7) is 0. The molecule has 2 aromatic rings. The van der Waals surface area contributed by atoms with Crippen LogP contribution in [0.5, 0.6) is 23.0 Å². The molecule has 2 aromatic carbocycles. The van der Waals surface area contributed by atoms with Gasteiger partial charge in [0.2, 0.25) is 0 Å². The second-order valence-corrected chi connectivity index (χ2v) is 5.86. The number of hydrogen-bond acceptors (Lipinski definition) is 4. The highest BCUT2D eigenvalue weighted by Gasteiger charge is 2.58. The summed E-state index contributed by atoms with van der Waals surface area (Å²) >= 11 is 5.26. The number of carbonyl (C=O) groups excluding carboxylic acids is 1. The Morgan fingerprint density at radius 2 is 1.47 bits per heavy atom. The van der Waals surface area contributed by atoms with E-state index in [2.05, 4.69) is 4.74 Å². The molecule has 0 aromatic heterocycles. The van der Waals surface area contributed by atoms with Crippen LogP contribution in [0.25, 0.3) is 0 Å². The van der Waals surface area contributed by atoms with Crippen LogP contribution in [0.4, 0.5) is 35.1 Å². The fourth-order valence-electron chi connectivity index (χ4n) is 2.18. The Morgan fingerprint density at radius 3 is 1.97 bits per heavy atom. The highest BCUT2D eigenvalue weighted by molar-refractivity contribution is 6.68. The number of ether oxygens (including phenoxy) is 3. The standard InChI is InChI=1S/C17H9ClF8O4/c1-28-13-7-9(30-17(24,25)26)3-5-12(13)29-11-4-2-8(6-10(11)14(18)27)15(19,20)16(21,22)23/h2-7H,1H3. The van der Waals surface area contributed by atoms with Crippen molar-refractivity contribution in [3.05, 3.63) is 47.5 Å². The monoisotopic (exact) mass is 464 g/mol. The van der Waals surface area contributed by atoms with Crippen molar-refractivity contribution >= 4 is 16.8 Å². The van der Waals surface area contributed by atoms with Gasteiger partial charge >= 0.3 is 18.5 Å². The Morgan fingerprint density at radius 1 is 0.867 bits per heavy atom. The molecular weight excluding hydrogens is 456 g/mol. The van der Waals surface area contributed by atoms with Gasteiger partial charge in [-0.1, -0.05) is 0 Å². The largest absolute Gasteiger partial charge is 0.573 e. The van der Waals surface area contributed by atoms with Crippen molar-refractivity contribution in [2.24, 2.45) is 0 Å². The van der Waals surface area contributed by atoms with Crippen LogP contribution in [-0.2, 0) is 5.92 Å². The number of benzene rings is 2. The summed E-state index contributed by atoms with van der Waals surface area (Å²) in [5.74, 6) is -7.13. The number of hydrogen-bond donors (Lipinski definition) is 0. The Labute approximate surface area is 167 Å². The Balaban J connectivity index is 2.44. The lowest BCUT2D eigenvalue weighted by Gasteiger charge is -2.21. The molecule has 30 heavy (non-hydrogen) atoms. The maximum absolute atomic E-state index is 13.5. The number of carbonyl (C=O) groups is 1. The van der Waals surface area contributed by atoms with Crippen molar-refractivity contribution in [2.75, 3.05) is 7.11 Å². The predicted octanol–water partition coefficient (Wildman–Crippen LogP) is 6.42. The molecule has 164 valence electrons. The van der Waals surface area contributed by atoms with Gasteiger partial charge in [-0.15, -0.1) is 13.2 Å². The topological polar surface area (TPSA) is 44.8 Å². The van der Waals surface area contributed by atoms with Crippen molar-refractivity contribution in [1.82, 2.24) is 0 Å². The van der Waals surface area contributed by atoms with E-state index in [0.29, 0.717) is 12.1 Å². The molecule has 0 atom stereocenters. The van der Waals surface area contributed by atoms with Gasteiger partial charge in [0, 0.05) is 11.6 Å². The van der Waals surface area contributed by atoms with Crippen LogP contribution in [-0.4, -0.2) is 24.9 Å². The average Bonchev–Trinajstić information content (AvgIpc) is 2.60. The lowest BCUT2D eigenvalue weighted by molar-refractivity contribution is -0.289. The highest BCUT2D eigenvalue weighted by Crippen LogP contribution is 2.45. The van der Waals surface area contributed by atoms with E-state index in [4.69, 9.17) is 21.1 Å². The van der Waals surface area contributed by atoms with Crippen molar-refractivity contribution in [3.63, 3.8) is 0 Å². The van der Waals surface area contributed by atoms with Gasteiger partial charge in [-0.25, -0.2) is 0 Å². The van der Waals surface area contributed by atoms with E-state index in [0.717, 1.165) is 25.3 Å². The third kappa shape index (κ3) is 5.23. The van der Waals surface area contributed by atoms with Crippen molar-refractivity contribution < 1.29 is 54.1 Å². The summed E-state index contributed by atoms with van der Waals surface area (Å²) in [7, 11) is 1.06. The molecular formula is C17H9ClF8O4. The molecule has 2 rings (SSSR count). The number of methoxy groups -OCH3 is 1. The molecule has 0 radical (unpaired) electrons. The fraction of sp³-hybridized carbons (Fsp3) is 0.235. The molecule has 0 aliphatic carbocycles. The van der Waals surface area contributed by atoms with Gasteiger partial charge in [-0.05, 0) is 41.9 Å². The Bertz CT molecular complexity index is 940. The van der Waals surface area contributed by atoms with Crippen LogP contribution in [0.2, 0.25) is 0 Å². The predicted molar refractivity (Wildman–Crippen MR) is 86.3 cm³/mol. The van der Waals surface area contributed by atoms with E-state index >= 15 is 0 Å². The molecule has 0 saturated heterocycles. The number of alkyl halides is 8. The smallest absolute Gasteiger partial charge is 0.493 e. The minimum atomic E-state index is -5.93. The first kappa shape index (κ1) is 23.5. The zero-order chi connectivity index (χ0) is 22.9. The van der Waals surface area contributed by atoms with E-state index in [1.54, 1.807) is 0 Å². The molecule has 0 spiro atoms. The Hall–Kier alpha value is -2.76. The van der Waals surface area contributed by atoms with E-state index in [1.807, 2.05) is 0 Å². The average molecular weight is 465 g/mol. The summed E-state index contributed by atoms with van der Waals surface area (Å²) in [5, 5.41) is -1.42.